The molecular formula is C16H30ClN3O2. The van der Waals surface area contributed by atoms with E-state index in [1.54, 1.807) is 6.92 Å². The first-order chi connectivity index (χ1) is 10.1. The first-order valence-corrected chi connectivity index (χ1v) is 8.38. The van der Waals surface area contributed by atoms with Gasteiger partial charge in [-0.15, -0.1) is 12.4 Å². The summed E-state index contributed by atoms with van der Waals surface area (Å²) >= 11 is 0. The Morgan fingerprint density at radius 1 is 1.18 bits per heavy atom. The highest BCUT2D eigenvalue weighted by atomic mass is 35.5. The molecule has 3 N–H and O–H groups in total. The number of rotatable bonds is 5. The third kappa shape index (κ3) is 5.43. The highest BCUT2D eigenvalue weighted by Gasteiger charge is 2.29. The van der Waals surface area contributed by atoms with E-state index >= 15 is 0 Å². The highest BCUT2D eigenvalue weighted by Crippen LogP contribution is 2.26. The summed E-state index contributed by atoms with van der Waals surface area (Å²) in [5, 5.41) is 2.88. The minimum absolute atomic E-state index is 0. The number of hydrogen-bond acceptors (Lipinski definition) is 3. The van der Waals surface area contributed by atoms with Gasteiger partial charge in [0.1, 0.15) is 6.04 Å². The van der Waals surface area contributed by atoms with Crippen molar-refractivity contribution in [3.8, 4) is 0 Å². The van der Waals surface area contributed by atoms with Crippen molar-refractivity contribution in [3.63, 3.8) is 0 Å². The third-order valence-electron chi connectivity index (χ3n) is 4.88. The van der Waals surface area contributed by atoms with E-state index in [-0.39, 0.29) is 24.2 Å². The van der Waals surface area contributed by atoms with Gasteiger partial charge in [0.05, 0.1) is 0 Å². The Balaban J connectivity index is 0.00000242. The zero-order valence-electron chi connectivity index (χ0n) is 13.6. The first-order valence-electron chi connectivity index (χ1n) is 8.38. The molecule has 2 aliphatic rings. The molecule has 0 aromatic rings. The van der Waals surface area contributed by atoms with Crippen LogP contribution in [0.3, 0.4) is 0 Å². The maximum atomic E-state index is 12.3. The molecule has 1 aliphatic carbocycles. The van der Waals surface area contributed by atoms with E-state index in [0.29, 0.717) is 24.8 Å². The van der Waals surface area contributed by atoms with Gasteiger partial charge in [-0.25, -0.2) is 0 Å². The molecule has 1 saturated heterocycles. The second-order valence-electron chi connectivity index (χ2n) is 6.67. The van der Waals surface area contributed by atoms with Crippen molar-refractivity contribution in [2.24, 2.45) is 17.6 Å². The van der Waals surface area contributed by atoms with Crippen LogP contribution in [0.5, 0.6) is 0 Å². The van der Waals surface area contributed by atoms with Crippen LogP contribution in [0.15, 0.2) is 0 Å². The molecule has 0 bridgehead atoms. The lowest BCUT2D eigenvalue weighted by atomic mass is 9.87. The molecule has 6 heteroatoms. The molecule has 0 radical (unpaired) electrons. The molecule has 2 unspecified atom stereocenters. The lowest BCUT2D eigenvalue weighted by Crippen LogP contribution is -2.46. The topological polar surface area (TPSA) is 75.4 Å². The average Bonchev–Trinajstić information content (AvgIpc) is 2.96. The molecule has 22 heavy (non-hydrogen) atoms. The van der Waals surface area contributed by atoms with Gasteiger partial charge >= 0.3 is 0 Å². The van der Waals surface area contributed by atoms with Crippen molar-refractivity contribution in [1.82, 2.24) is 10.2 Å². The summed E-state index contributed by atoms with van der Waals surface area (Å²) in [7, 11) is 0. The van der Waals surface area contributed by atoms with Gasteiger partial charge in [0.15, 0.2) is 0 Å². The van der Waals surface area contributed by atoms with Crippen molar-refractivity contribution < 1.29 is 9.59 Å². The standard InChI is InChI=1S/C16H29N3O2.ClH/c1-12(16(21)19-8-7-14(10-17)11-19)18-15(20)9-13-5-3-2-4-6-13;/h12-14H,2-11,17H2,1H3,(H,18,20);1H. The summed E-state index contributed by atoms with van der Waals surface area (Å²) in [6.07, 6.45) is 7.62. The minimum Gasteiger partial charge on any atom is -0.345 e. The molecular weight excluding hydrogens is 302 g/mol. The maximum absolute atomic E-state index is 12.3. The lowest BCUT2D eigenvalue weighted by Gasteiger charge is -2.24. The van der Waals surface area contributed by atoms with Gasteiger partial charge in [-0.3, -0.25) is 9.59 Å². The van der Waals surface area contributed by atoms with E-state index in [4.69, 9.17) is 5.73 Å². The molecule has 1 aliphatic heterocycles. The summed E-state index contributed by atoms with van der Waals surface area (Å²) in [4.78, 5) is 26.2. The molecule has 0 spiro atoms. The molecule has 2 fully saturated rings. The van der Waals surface area contributed by atoms with E-state index in [9.17, 15) is 9.59 Å². The summed E-state index contributed by atoms with van der Waals surface area (Å²) in [6.45, 7) is 3.92. The van der Waals surface area contributed by atoms with Crippen LogP contribution < -0.4 is 11.1 Å². The van der Waals surface area contributed by atoms with Crippen molar-refractivity contribution >= 4 is 24.2 Å². The minimum atomic E-state index is -0.419. The Kier molecular flexibility index (Phi) is 8.18. The molecule has 1 heterocycles. The van der Waals surface area contributed by atoms with Crippen LogP contribution in [0.1, 0.15) is 51.9 Å². The van der Waals surface area contributed by atoms with E-state index in [1.165, 1.54) is 19.3 Å². The van der Waals surface area contributed by atoms with Gasteiger partial charge in [-0.05, 0) is 44.6 Å². The van der Waals surface area contributed by atoms with Crippen molar-refractivity contribution in [3.05, 3.63) is 0 Å². The van der Waals surface area contributed by atoms with Crippen LogP contribution in [0.2, 0.25) is 0 Å². The number of nitrogens with zero attached hydrogens (tertiary/aromatic N) is 1. The maximum Gasteiger partial charge on any atom is 0.244 e. The van der Waals surface area contributed by atoms with Gasteiger partial charge in [0.2, 0.25) is 11.8 Å². The quantitative estimate of drug-likeness (QED) is 0.805. The van der Waals surface area contributed by atoms with Crippen LogP contribution >= 0.6 is 12.4 Å². The summed E-state index contributed by atoms with van der Waals surface area (Å²) in [5.41, 5.74) is 5.65. The van der Waals surface area contributed by atoms with E-state index in [0.717, 1.165) is 32.4 Å². The highest BCUT2D eigenvalue weighted by molar-refractivity contribution is 5.87. The third-order valence-corrected chi connectivity index (χ3v) is 4.88. The van der Waals surface area contributed by atoms with Crippen LogP contribution in [-0.4, -0.2) is 42.4 Å². The fourth-order valence-corrected chi connectivity index (χ4v) is 3.51. The fourth-order valence-electron chi connectivity index (χ4n) is 3.51. The number of halogens is 1. The average molecular weight is 332 g/mol. The summed E-state index contributed by atoms with van der Waals surface area (Å²) in [6, 6.07) is -0.419. The molecule has 128 valence electrons. The predicted octanol–water partition coefficient (Wildman–Crippen LogP) is 1.69. The molecule has 2 rings (SSSR count). The number of carbonyl (C=O) groups excluding carboxylic acids is 2. The van der Waals surface area contributed by atoms with Crippen molar-refractivity contribution in [2.45, 2.75) is 57.9 Å². The van der Waals surface area contributed by atoms with E-state index < -0.39 is 6.04 Å². The van der Waals surface area contributed by atoms with Gasteiger partial charge < -0.3 is 16.0 Å². The summed E-state index contributed by atoms with van der Waals surface area (Å²) in [5.74, 6) is 0.980. The Hall–Kier alpha value is -0.810. The number of carbonyl (C=O) groups is 2. The normalized spacial score (nSPS) is 23.7. The number of amides is 2. The number of nitrogens with one attached hydrogen (secondary N) is 1. The largest absolute Gasteiger partial charge is 0.345 e. The Labute approximate surface area is 139 Å². The van der Waals surface area contributed by atoms with Gasteiger partial charge in [-0.1, -0.05) is 19.3 Å². The molecule has 2 atom stereocenters. The molecule has 0 aromatic heterocycles. The number of hydrogen-bond donors (Lipinski definition) is 2. The second-order valence-corrected chi connectivity index (χ2v) is 6.67. The van der Waals surface area contributed by atoms with E-state index in [2.05, 4.69) is 5.32 Å². The monoisotopic (exact) mass is 331 g/mol. The number of nitrogens with two attached hydrogens (primary N) is 1. The first kappa shape index (κ1) is 19.2. The van der Waals surface area contributed by atoms with Crippen molar-refractivity contribution in [1.29, 1.82) is 0 Å². The SMILES string of the molecule is CC(NC(=O)CC1CCCCC1)C(=O)N1CCC(CN)C1.Cl. The summed E-state index contributed by atoms with van der Waals surface area (Å²) < 4.78 is 0. The van der Waals surface area contributed by atoms with Crippen LogP contribution in [0.4, 0.5) is 0 Å². The Morgan fingerprint density at radius 2 is 1.86 bits per heavy atom. The Bertz CT molecular complexity index is 372. The van der Waals surface area contributed by atoms with Crippen LogP contribution in [-0.2, 0) is 9.59 Å². The zero-order valence-corrected chi connectivity index (χ0v) is 14.4. The Morgan fingerprint density at radius 3 is 2.45 bits per heavy atom. The number of likely N-dealkylation sites (tertiary alicyclic amines) is 1. The second kappa shape index (κ2) is 9.36. The fraction of sp³-hybridized carbons (Fsp3) is 0.875. The molecule has 1 saturated carbocycles. The lowest BCUT2D eigenvalue weighted by molar-refractivity contribution is -0.135. The van der Waals surface area contributed by atoms with E-state index in [1.807, 2.05) is 4.90 Å². The van der Waals surface area contributed by atoms with Crippen molar-refractivity contribution in [2.75, 3.05) is 19.6 Å². The van der Waals surface area contributed by atoms with Gasteiger partial charge in [0.25, 0.3) is 0 Å². The molecule has 2 amide bonds. The van der Waals surface area contributed by atoms with Crippen LogP contribution in [0.25, 0.3) is 0 Å². The van der Waals surface area contributed by atoms with Gasteiger partial charge in [-0.2, -0.15) is 0 Å². The predicted molar refractivity (Wildman–Crippen MR) is 89.8 cm³/mol. The smallest absolute Gasteiger partial charge is 0.244 e. The zero-order chi connectivity index (χ0) is 15.2. The van der Waals surface area contributed by atoms with Crippen LogP contribution in [0, 0.1) is 11.8 Å². The molecule has 5 nitrogen and oxygen atoms in total. The molecule has 0 aromatic carbocycles. The van der Waals surface area contributed by atoms with Gasteiger partial charge in [0, 0.05) is 19.5 Å².